The molecule has 150 valence electrons. The molecule has 29 heavy (non-hydrogen) atoms. The number of hydrogen-bond acceptors (Lipinski definition) is 4. The molecule has 0 heterocycles. The fraction of sp³-hybridized carbons (Fsp3) is 0.250. The SMILES string of the molecule is CCOc1ccc2ccccc2c1/C=N/NC(=O)COc1ccccc1C(C)C. The molecule has 0 spiro atoms. The highest BCUT2D eigenvalue weighted by molar-refractivity contribution is 6.02. The molecule has 3 aromatic rings. The van der Waals surface area contributed by atoms with Gasteiger partial charge in [0.2, 0.25) is 0 Å². The number of hydrogen-bond donors (Lipinski definition) is 1. The van der Waals surface area contributed by atoms with Gasteiger partial charge in [-0.1, -0.05) is 62.4 Å². The molecular weight excluding hydrogens is 364 g/mol. The summed E-state index contributed by atoms with van der Waals surface area (Å²) < 4.78 is 11.4. The lowest BCUT2D eigenvalue weighted by molar-refractivity contribution is -0.123. The van der Waals surface area contributed by atoms with Crippen molar-refractivity contribution < 1.29 is 14.3 Å². The van der Waals surface area contributed by atoms with Crippen molar-refractivity contribution in [2.24, 2.45) is 5.10 Å². The third-order valence-electron chi connectivity index (χ3n) is 4.51. The molecule has 1 amide bonds. The number of rotatable bonds is 8. The molecule has 5 heteroatoms. The molecule has 0 fully saturated rings. The number of hydrazone groups is 1. The third kappa shape index (κ3) is 5.13. The maximum Gasteiger partial charge on any atom is 0.277 e. The number of nitrogens with one attached hydrogen (secondary N) is 1. The highest BCUT2D eigenvalue weighted by atomic mass is 16.5. The van der Waals surface area contributed by atoms with Crippen LogP contribution < -0.4 is 14.9 Å². The molecule has 1 N–H and O–H groups in total. The first kappa shape index (κ1) is 20.4. The van der Waals surface area contributed by atoms with Crippen molar-refractivity contribution in [1.29, 1.82) is 0 Å². The Morgan fingerprint density at radius 2 is 1.76 bits per heavy atom. The van der Waals surface area contributed by atoms with Crippen LogP contribution in [0.4, 0.5) is 0 Å². The van der Waals surface area contributed by atoms with Crippen LogP contribution in [-0.4, -0.2) is 25.3 Å². The van der Waals surface area contributed by atoms with E-state index in [2.05, 4.69) is 24.4 Å². The van der Waals surface area contributed by atoms with Gasteiger partial charge in [0, 0.05) is 5.56 Å². The van der Waals surface area contributed by atoms with E-state index in [1.165, 1.54) is 0 Å². The number of fused-ring (bicyclic) bond motifs is 1. The molecule has 0 aromatic heterocycles. The van der Waals surface area contributed by atoms with Crippen LogP contribution in [0.5, 0.6) is 11.5 Å². The molecule has 0 aliphatic rings. The molecule has 5 nitrogen and oxygen atoms in total. The lowest BCUT2D eigenvalue weighted by Crippen LogP contribution is -2.25. The standard InChI is InChI=1S/C24H26N2O3/c1-4-28-23-14-13-18-9-5-6-11-20(18)21(23)15-25-26-24(27)16-29-22-12-8-7-10-19(22)17(2)3/h5-15,17H,4,16H2,1-3H3,(H,26,27)/b25-15+. The van der Waals surface area contributed by atoms with E-state index in [-0.39, 0.29) is 12.5 Å². The lowest BCUT2D eigenvalue weighted by atomic mass is 10.0. The smallest absolute Gasteiger partial charge is 0.277 e. The summed E-state index contributed by atoms with van der Waals surface area (Å²) in [5.74, 6) is 1.44. The number of carbonyl (C=O) groups excluding carboxylic acids is 1. The molecule has 0 aliphatic heterocycles. The minimum atomic E-state index is -0.321. The molecule has 0 atom stereocenters. The topological polar surface area (TPSA) is 59.9 Å². The molecule has 0 aliphatic carbocycles. The summed E-state index contributed by atoms with van der Waals surface area (Å²) in [6.45, 7) is 6.56. The fourth-order valence-corrected chi connectivity index (χ4v) is 3.12. The predicted octanol–water partition coefficient (Wildman–Crippen LogP) is 4.89. The Kier molecular flexibility index (Phi) is 6.85. The molecule has 0 unspecified atom stereocenters. The summed E-state index contributed by atoms with van der Waals surface area (Å²) in [4.78, 5) is 12.2. The first-order chi connectivity index (χ1) is 14.1. The Morgan fingerprint density at radius 3 is 2.55 bits per heavy atom. The van der Waals surface area contributed by atoms with Gasteiger partial charge in [0.25, 0.3) is 5.91 Å². The van der Waals surface area contributed by atoms with Gasteiger partial charge in [0.15, 0.2) is 6.61 Å². The van der Waals surface area contributed by atoms with E-state index in [0.717, 1.165) is 27.6 Å². The van der Waals surface area contributed by atoms with Crippen LogP contribution in [0.3, 0.4) is 0 Å². The van der Waals surface area contributed by atoms with Crippen molar-refractivity contribution in [3.05, 3.63) is 71.8 Å². The quantitative estimate of drug-likeness (QED) is 0.440. The maximum atomic E-state index is 12.2. The second-order valence-corrected chi connectivity index (χ2v) is 6.91. The lowest BCUT2D eigenvalue weighted by Gasteiger charge is -2.13. The molecule has 0 radical (unpaired) electrons. The number of nitrogens with zero attached hydrogens (tertiary/aromatic N) is 1. The zero-order valence-electron chi connectivity index (χ0n) is 17.0. The molecular formula is C24H26N2O3. The van der Waals surface area contributed by atoms with Gasteiger partial charge in [-0.15, -0.1) is 0 Å². The minimum absolute atomic E-state index is 0.102. The molecule has 3 aromatic carbocycles. The van der Waals surface area contributed by atoms with Crippen molar-refractivity contribution >= 4 is 22.9 Å². The van der Waals surface area contributed by atoms with E-state index < -0.39 is 0 Å². The van der Waals surface area contributed by atoms with Gasteiger partial charge in [0.1, 0.15) is 11.5 Å². The Bertz CT molecular complexity index is 1010. The molecule has 3 rings (SSSR count). The van der Waals surface area contributed by atoms with E-state index in [0.29, 0.717) is 18.3 Å². The van der Waals surface area contributed by atoms with Gasteiger partial charge < -0.3 is 9.47 Å². The van der Waals surface area contributed by atoms with Crippen LogP contribution in [0.25, 0.3) is 10.8 Å². The summed E-state index contributed by atoms with van der Waals surface area (Å²) in [5, 5.41) is 6.21. The number of benzene rings is 3. The number of ether oxygens (including phenoxy) is 2. The van der Waals surface area contributed by atoms with E-state index in [1.807, 2.05) is 67.6 Å². The minimum Gasteiger partial charge on any atom is -0.493 e. The van der Waals surface area contributed by atoms with Crippen molar-refractivity contribution in [3.8, 4) is 11.5 Å². The highest BCUT2D eigenvalue weighted by Gasteiger charge is 2.10. The first-order valence-electron chi connectivity index (χ1n) is 9.78. The van der Waals surface area contributed by atoms with Crippen molar-refractivity contribution in [2.75, 3.05) is 13.2 Å². The number of carbonyl (C=O) groups is 1. The second-order valence-electron chi connectivity index (χ2n) is 6.91. The van der Waals surface area contributed by atoms with Crippen LogP contribution in [0.1, 0.15) is 37.8 Å². The van der Waals surface area contributed by atoms with Crippen LogP contribution in [0.15, 0.2) is 65.8 Å². The molecule has 0 bridgehead atoms. The van der Waals surface area contributed by atoms with Gasteiger partial charge >= 0.3 is 0 Å². The average Bonchev–Trinajstić information content (AvgIpc) is 2.73. The van der Waals surface area contributed by atoms with Crippen LogP contribution in [0, 0.1) is 0 Å². The van der Waals surface area contributed by atoms with E-state index in [1.54, 1.807) is 6.21 Å². The second kappa shape index (κ2) is 9.73. The summed E-state index contributed by atoms with van der Waals surface area (Å²) >= 11 is 0. The van der Waals surface area contributed by atoms with E-state index in [4.69, 9.17) is 9.47 Å². The van der Waals surface area contributed by atoms with E-state index in [9.17, 15) is 4.79 Å². The van der Waals surface area contributed by atoms with Crippen LogP contribution in [0.2, 0.25) is 0 Å². The molecule has 0 saturated heterocycles. The fourth-order valence-electron chi connectivity index (χ4n) is 3.12. The van der Waals surface area contributed by atoms with Gasteiger partial charge in [-0.05, 0) is 41.3 Å². The zero-order chi connectivity index (χ0) is 20.6. The number of para-hydroxylation sites is 1. The largest absolute Gasteiger partial charge is 0.493 e. The zero-order valence-corrected chi connectivity index (χ0v) is 17.0. The molecule has 0 saturated carbocycles. The Labute approximate surface area is 171 Å². The monoisotopic (exact) mass is 390 g/mol. The predicted molar refractivity (Wildman–Crippen MR) is 117 cm³/mol. The summed E-state index contributed by atoms with van der Waals surface area (Å²) in [7, 11) is 0. The van der Waals surface area contributed by atoms with Crippen molar-refractivity contribution in [2.45, 2.75) is 26.7 Å². The highest BCUT2D eigenvalue weighted by Crippen LogP contribution is 2.27. The van der Waals surface area contributed by atoms with Gasteiger partial charge in [-0.3, -0.25) is 4.79 Å². The average molecular weight is 390 g/mol. The Balaban J connectivity index is 1.68. The number of amides is 1. The Hall–Kier alpha value is -3.34. The van der Waals surface area contributed by atoms with Crippen molar-refractivity contribution in [3.63, 3.8) is 0 Å². The third-order valence-corrected chi connectivity index (χ3v) is 4.51. The van der Waals surface area contributed by atoms with Gasteiger partial charge in [-0.25, -0.2) is 5.43 Å². The van der Waals surface area contributed by atoms with Crippen LogP contribution >= 0.6 is 0 Å². The Morgan fingerprint density at radius 1 is 1.00 bits per heavy atom. The summed E-state index contributed by atoms with van der Waals surface area (Å²) in [6, 6.07) is 19.7. The summed E-state index contributed by atoms with van der Waals surface area (Å²) in [6.07, 6.45) is 1.62. The van der Waals surface area contributed by atoms with Crippen molar-refractivity contribution in [1.82, 2.24) is 5.43 Å². The summed E-state index contributed by atoms with van der Waals surface area (Å²) in [5.41, 5.74) is 4.43. The van der Waals surface area contributed by atoms with E-state index >= 15 is 0 Å². The maximum absolute atomic E-state index is 12.2. The van der Waals surface area contributed by atoms with Gasteiger partial charge in [0.05, 0.1) is 12.8 Å². The van der Waals surface area contributed by atoms with Crippen LogP contribution in [-0.2, 0) is 4.79 Å². The van der Waals surface area contributed by atoms with Gasteiger partial charge in [-0.2, -0.15) is 5.10 Å². The first-order valence-corrected chi connectivity index (χ1v) is 9.78. The normalized spacial score (nSPS) is 11.2.